The Bertz CT molecular complexity index is 951. The van der Waals surface area contributed by atoms with E-state index in [1.165, 1.54) is 30.4 Å². The molecular weight excluding hydrogens is 446 g/mol. The predicted octanol–water partition coefficient (Wildman–Crippen LogP) is 6.46. The number of amides is 1. The van der Waals surface area contributed by atoms with Crippen LogP contribution in [0.25, 0.3) is 0 Å². The standard InChI is InChI=1S/C32H51NO3/c1-18(2)21-10-16-32(28(35)29(36)33-19(3)4)17-12-24-22(27(21)32)8-9-26-30(6)15-13-25(34)20(5)23(30)11-14-31(24,26)7/h18-20,22-26,34H,8-17H2,1-7H3,(H,33,36). The van der Waals surface area contributed by atoms with Crippen molar-refractivity contribution in [3.63, 3.8) is 0 Å². The summed E-state index contributed by atoms with van der Waals surface area (Å²) in [6, 6.07) is -0.0192. The van der Waals surface area contributed by atoms with Gasteiger partial charge in [-0.15, -0.1) is 0 Å². The minimum atomic E-state index is -0.562. The number of aliphatic hydroxyl groups excluding tert-OH is 1. The van der Waals surface area contributed by atoms with Gasteiger partial charge in [0.15, 0.2) is 0 Å². The van der Waals surface area contributed by atoms with E-state index in [-0.39, 0.29) is 29.3 Å². The van der Waals surface area contributed by atoms with Crippen molar-refractivity contribution in [2.24, 2.45) is 51.8 Å². The molecule has 202 valence electrons. The Kier molecular flexibility index (Phi) is 6.58. The minimum absolute atomic E-state index is 0.0192. The van der Waals surface area contributed by atoms with Gasteiger partial charge >= 0.3 is 0 Å². The topological polar surface area (TPSA) is 66.4 Å². The molecule has 0 heterocycles. The van der Waals surface area contributed by atoms with Gasteiger partial charge in [-0.25, -0.2) is 0 Å². The maximum Gasteiger partial charge on any atom is 0.288 e. The Morgan fingerprint density at radius 3 is 2.19 bits per heavy atom. The SMILES string of the molecule is CC(C)NC(=O)C(=O)C12CCC(C(C)C)=C1C1CCC3C(C)(CCC4C(C)C(O)CCC43C)C1CC2. The number of Topliss-reactive ketones (excluding diaryl/α,β-unsaturated/α-hetero) is 1. The molecule has 5 aliphatic carbocycles. The summed E-state index contributed by atoms with van der Waals surface area (Å²) in [6.07, 6.45) is 10.6. The Balaban J connectivity index is 1.51. The van der Waals surface area contributed by atoms with Gasteiger partial charge in [0, 0.05) is 6.04 Å². The smallest absolute Gasteiger partial charge is 0.288 e. The molecule has 9 unspecified atom stereocenters. The summed E-state index contributed by atoms with van der Waals surface area (Å²) in [6.45, 7) is 15.9. The van der Waals surface area contributed by atoms with Crippen LogP contribution in [0.3, 0.4) is 0 Å². The zero-order chi connectivity index (χ0) is 26.2. The van der Waals surface area contributed by atoms with Gasteiger partial charge in [0.2, 0.25) is 5.78 Å². The largest absolute Gasteiger partial charge is 0.393 e. The van der Waals surface area contributed by atoms with Crippen molar-refractivity contribution < 1.29 is 14.7 Å². The molecule has 9 atom stereocenters. The lowest BCUT2D eigenvalue weighted by Crippen LogP contribution is -2.61. The van der Waals surface area contributed by atoms with E-state index in [1.54, 1.807) is 0 Å². The summed E-state index contributed by atoms with van der Waals surface area (Å²) >= 11 is 0. The third-order valence-corrected chi connectivity index (χ3v) is 12.4. The Morgan fingerprint density at radius 1 is 0.889 bits per heavy atom. The van der Waals surface area contributed by atoms with Crippen molar-refractivity contribution in [3.05, 3.63) is 11.1 Å². The van der Waals surface area contributed by atoms with E-state index in [9.17, 15) is 14.7 Å². The third kappa shape index (κ3) is 3.62. The molecule has 36 heavy (non-hydrogen) atoms. The van der Waals surface area contributed by atoms with Gasteiger partial charge in [-0.1, -0.05) is 45.8 Å². The first-order valence-corrected chi connectivity index (χ1v) is 15.1. The van der Waals surface area contributed by atoms with Crippen LogP contribution in [-0.4, -0.2) is 28.9 Å². The highest BCUT2D eigenvalue weighted by Gasteiger charge is 2.65. The summed E-state index contributed by atoms with van der Waals surface area (Å²) in [5.74, 6) is 2.67. The number of nitrogens with one attached hydrogen (secondary N) is 1. The molecule has 4 nitrogen and oxygen atoms in total. The van der Waals surface area contributed by atoms with Crippen LogP contribution in [-0.2, 0) is 9.59 Å². The van der Waals surface area contributed by atoms with Crippen molar-refractivity contribution in [2.75, 3.05) is 0 Å². The van der Waals surface area contributed by atoms with Crippen LogP contribution in [0, 0.1) is 51.8 Å². The molecule has 0 saturated heterocycles. The quantitative estimate of drug-likeness (QED) is 0.346. The second kappa shape index (κ2) is 8.95. The van der Waals surface area contributed by atoms with E-state index in [0.717, 1.165) is 44.9 Å². The van der Waals surface area contributed by atoms with Crippen LogP contribution in [0.15, 0.2) is 11.1 Å². The average molecular weight is 498 g/mol. The van der Waals surface area contributed by atoms with E-state index in [4.69, 9.17) is 0 Å². The van der Waals surface area contributed by atoms with Crippen molar-refractivity contribution in [2.45, 2.75) is 125 Å². The monoisotopic (exact) mass is 497 g/mol. The highest BCUT2D eigenvalue weighted by atomic mass is 16.3. The number of allylic oxidation sites excluding steroid dienone is 2. The molecule has 0 spiro atoms. The second-order valence-electron chi connectivity index (χ2n) is 14.6. The molecule has 0 aromatic heterocycles. The number of carbonyl (C=O) groups is 2. The molecule has 2 N–H and O–H groups in total. The zero-order valence-electron chi connectivity index (χ0n) is 24.0. The molecule has 0 aliphatic heterocycles. The fourth-order valence-corrected chi connectivity index (χ4v) is 10.9. The van der Waals surface area contributed by atoms with Crippen LogP contribution in [0.1, 0.15) is 113 Å². The molecule has 0 aromatic carbocycles. The number of hydrogen-bond acceptors (Lipinski definition) is 3. The Labute approximate surface area is 219 Å². The highest BCUT2D eigenvalue weighted by Crippen LogP contribution is 2.71. The highest BCUT2D eigenvalue weighted by molar-refractivity contribution is 6.39. The maximum absolute atomic E-state index is 13.9. The number of carbonyl (C=O) groups excluding carboxylic acids is 2. The lowest BCUT2D eigenvalue weighted by Gasteiger charge is -2.67. The maximum atomic E-state index is 13.9. The van der Waals surface area contributed by atoms with Crippen molar-refractivity contribution >= 4 is 11.7 Å². The summed E-state index contributed by atoms with van der Waals surface area (Å²) in [4.78, 5) is 26.9. The van der Waals surface area contributed by atoms with E-state index >= 15 is 0 Å². The predicted molar refractivity (Wildman–Crippen MR) is 144 cm³/mol. The van der Waals surface area contributed by atoms with Gasteiger partial charge in [0.1, 0.15) is 0 Å². The number of ketones is 1. The number of aliphatic hydroxyl groups is 1. The van der Waals surface area contributed by atoms with Crippen LogP contribution in [0.4, 0.5) is 0 Å². The lowest BCUT2D eigenvalue weighted by molar-refractivity contribution is -0.179. The summed E-state index contributed by atoms with van der Waals surface area (Å²) < 4.78 is 0. The molecule has 0 bridgehead atoms. The van der Waals surface area contributed by atoms with Gasteiger partial charge in [0.25, 0.3) is 5.91 Å². The first-order valence-electron chi connectivity index (χ1n) is 15.1. The Morgan fingerprint density at radius 2 is 1.53 bits per heavy atom. The van der Waals surface area contributed by atoms with Gasteiger partial charge in [-0.05, 0) is 124 Å². The van der Waals surface area contributed by atoms with E-state index in [1.807, 2.05) is 13.8 Å². The van der Waals surface area contributed by atoms with Crippen LogP contribution < -0.4 is 5.32 Å². The van der Waals surface area contributed by atoms with Gasteiger partial charge in [0.05, 0.1) is 11.5 Å². The third-order valence-electron chi connectivity index (χ3n) is 12.4. The fourth-order valence-electron chi connectivity index (χ4n) is 10.9. The molecule has 5 rings (SSSR count). The number of rotatable bonds is 4. The molecule has 4 heteroatoms. The fraction of sp³-hybridized carbons (Fsp3) is 0.875. The molecule has 4 saturated carbocycles. The molecule has 0 radical (unpaired) electrons. The molecular formula is C32H51NO3. The summed E-state index contributed by atoms with van der Waals surface area (Å²) in [7, 11) is 0. The molecule has 4 fully saturated rings. The van der Waals surface area contributed by atoms with Crippen molar-refractivity contribution in [1.29, 1.82) is 0 Å². The van der Waals surface area contributed by atoms with Crippen LogP contribution >= 0.6 is 0 Å². The van der Waals surface area contributed by atoms with Crippen LogP contribution in [0.5, 0.6) is 0 Å². The number of fused-ring (bicyclic) bond motifs is 7. The van der Waals surface area contributed by atoms with E-state index in [0.29, 0.717) is 40.9 Å². The molecule has 5 aliphatic rings. The Hall–Kier alpha value is -1.16. The zero-order valence-corrected chi connectivity index (χ0v) is 24.0. The van der Waals surface area contributed by atoms with Crippen LogP contribution in [0.2, 0.25) is 0 Å². The molecule has 1 amide bonds. The summed E-state index contributed by atoms with van der Waals surface area (Å²) in [5.41, 5.74) is 2.93. The number of hydrogen-bond donors (Lipinski definition) is 2. The van der Waals surface area contributed by atoms with Gasteiger partial charge in [-0.2, -0.15) is 0 Å². The van der Waals surface area contributed by atoms with Crippen molar-refractivity contribution in [3.8, 4) is 0 Å². The minimum Gasteiger partial charge on any atom is -0.393 e. The first-order chi connectivity index (χ1) is 16.9. The van der Waals surface area contributed by atoms with Gasteiger partial charge < -0.3 is 10.4 Å². The summed E-state index contributed by atoms with van der Waals surface area (Å²) in [5, 5.41) is 13.6. The normalized spacial score (nSPS) is 46.2. The second-order valence-corrected chi connectivity index (χ2v) is 14.6. The van der Waals surface area contributed by atoms with E-state index < -0.39 is 5.41 Å². The molecule has 0 aromatic rings. The average Bonchev–Trinajstić information content (AvgIpc) is 3.22. The first kappa shape index (κ1) is 26.4. The van der Waals surface area contributed by atoms with E-state index in [2.05, 4.69) is 39.9 Å². The van der Waals surface area contributed by atoms with Crippen molar-refractivity contribution in [1.82, 2.24) is 5.32 Å². The van der Waals surface area contributed by atoms with Gasteiger partial charge in [-0.3, -0.25) is 9.59 Å². The lowest BCUT2D eigenvalue weighted by atomic mass is 9.38.